The fourth-order valence-corrected chi connectivity index (χ4v) is 5.73. The summed E-state index contributed by atoms with van der Waals surface area (Å²) in [6.45, 7) is 11.9. The highest BCUT2D eigenvalue weighted by Crippen LogP contribution is 2.41. The predicted molar refractivity (Wildman–Crippen MR) is 134 cm³/mol. The molecule has 0 spiro atoms. The zero-order valence-corrected chi connectivity index (χ0v) is 22.2. The van der Waals surface area contributed by atoms with Crippen LogP contribution in [0.25, 0.3) is 5.57 Å². The van der Waals surface area contributed by atoms with E-state index in [4.69, 9.17) is 9.47 Å². The number of ether oxygens (including phenoxy) is 2. The van der Waals surface area contributed by atoms with Gasteiger partial charge in [-0.25, -0.2) is 8.42 Å². The number of hydrogen-bond donors (Lipinski definition) is 0. The molecule has 36 heavy (non-hydrogen) atoms. The lowest BCUT2D eigenvalue weighted by molar-refractivity contribution is -0.137. The van der Waals surface area contributed by atoms with Crippen LogP contribution in [0.5, 0.6) is 5.75 Å². The molecule has 0 heterocycles. The van der Waals surface area contributed by atoms with E-state index in [2.05, 4.69) is 6.58 Å². The van der Waals surface area contributed by atoms with Crippen molar-refractivity contribution in [3.63, 3.8) is 0 Å². The Morgan fingerprint density at radius 3 is 2.44 bits per heavy atom. The molecule has 0 saturated carbocycles. The molecule has 9 heteroatoms. The Labute approximate surface area is 212 Å². The summed E-state index contributed by atoms with van der Waals surface area (Å²) >= 11 is 0. The van der Waals surface area contributed by atoms with Crippen LogP contribution in [0, 0.1) is 0 Å². The van der Waals surface area contributed by atoms with E-state index in [9.17, 15) is 21.6 Å². The monoisotopic (exact) mass is 525 g/mol. The van der Waals surface area contributed by atoms with Crippen molar-refractivity contribution in [2.75, 3.05) is 20.3 Å². The van der Waals surface area contributed by atoms with Crippen LogP contribution < -0.4 is 4.74 Å². The Bertz CT molecular complexity index is 1220. The van der Waals surface area contributed by atoms with Crippen LogP contribution >= 0.6 is 0 Å². The van der Waals surface area contributed by atoms with Crippen LogP contribution in [-0.2, 0) is 27.4 Å². The summed E-state index contributed by atoms with van der Waals surface area (Å²) in [5.74, 6) is 0.671. The standard InChI is InChI=1S/C27H34F3NO4S/c1-18(2)19-15-20(27(28,29)30)17-21(16-19)36(32,33)31(6)24-11-7-10-23-22(24)9-8-12-25(23)34-13-14-35-26(3,4)5/h8-9,12,15-17,24H,1,7,10-11,13-14H2,2-6H3. The molecule has 0 fully saturated rings. The minimum atomic E-state index is -4.69. The largest absolute Gasteiger partial charge is 0.491 e. The Morgan fingerprint density at radius 2 is 1.83 bits per heavy atom. The predicted octanol–water partition coefficient (Wildman–Crippen LogP) is 6.63. The zero-order valence-electron chi connectivity index (χ0n) is 21.4. The van der Waals surface area contributed by atoms with Crippen LogP contribution in [0.2, 0.25) is 0 Å². The van der Waals surface area contributed by atoms with Crippen LogP contribution in [0.4, 0.5) is 13.2 Å². The van der Waals surface area contributed by atoms with Gasteiger partial charge in [-0.3, -0.25) is 0 Å². The summed E-state index contributed by atoms with van der Waals surface area (Å²) in [6, 6.07) is 7.84. The zero-order chi connectivity index (χ0) is 26.9. The van der Waals surface area contributed by atoms with E-state index >= 15 is 0 Å². The molecule has 1 atom stereocenters. The molecule has 0 aliphatic heterocycles. The second-order valence-corrected chi connectivity index (χ2v) is 12.1. The lowest BCUT2D eigenvalue weighted by Gasteiger charge is -2.33. The maximum Gasteiger partial charge on any atom is 0.416 e. The fraction of sp³-hybridized carbons (Fsp3) is 0.481. The molecule has 1 aliphatic rings. The Hall–Kier alpha value is -2.36. The molecule has 0 radical (unpaired) electrons. The maximum absolute atomic E-state index is 13.6. The summed E-state index contributed by atoms with van der Waals surface area (Å²) in [4.78, 5) is -0.406. The summed E-state index contributed by atoms with van der Waals surface area (Å²) in [7, 11) is -2.82. The highest BCUT2D eigenvalue weighted by molar-refractivity contribution is 7.89. The third-order valence-electron chi connectivity index (χ3n) is 6.15. The van der Waals surface area contributed by atoms with Gasteiger partial charge in [-0.1, -0.05) is 24.3 Å². The number of allylic oxidation sites excluding steroid dienone is 1. The van der Waals surface area contributed by atoms with E-state index in [1.807, 2.05) is 32.9 Å². The lowest BCUT2D eigenvalue weighted by Crippen LogP contribution is -2.33. The highest BCUT2D eigenvalue weighted by Gasteiger charge is 2.36. The smallest absolute Gasteiger partial charge is 0.416 e. The number of sulfonamides is 1. The van der Waals surface area contributed by atoms with Gasteiger partial charge in [0.1, 0.15) is 12.4 Å². The molecule has 5 nitrogen and oxygen atoms in total. The third kappa shape index (κ3) is 6.49. The molecule has 0 bridgehead atoms. The molecule has 0 N–H and O–H groups in total. The Kier molecular flexibility index (Phi) is 8.27. The van der Waals surface area contributed by atoms with E-state index in [0.29, 0.717) is 37.0 Å². The van der Waals surface area contributed by atoms with Gasteiger partial charge in [-0.2, -0.15) is 17.5 Å². The van der Waals surface area contributed by atoms with Gasteiger partial charge >= 0.3 is 6.18 Å². The van der Waals surface area contributed by atoms with E-state index < -0.39 is 32.7 Å². The Morgan fingerprint density at radius 1 is 1.14 bits per heavy atom. The van der Waals surface area contributed by atoms with Gasteiger partial charge in [0.05, 0.1) is 28.7 Å². The van der Waals surface area contributed by atoms with Crippen LogP contribution in [0.1, 0.15) is 68.8 Å². The average molecular weight is 526 g/mol. The SMILES string of the molecule is C=C(C)c1cc(C(F)(F)F)cc(S(=O)(=O)N(C)C2CCCc3c(OCCOC(C)(C)C)cccc32)c1. The second kappa shape index (κ2) is 10.6. The number of hydrogen-bond acceptors (Lipinski definition) is 4. The first-order valence-corrected chi connectivity index (χ1v) is 13.3. The summed E-state index contributed by atoms with van der Waals surface area (Å²) in [6.07, 6.45) is -2.70. The maximum atomic E-state index is 13.6. The molecule has 0 saturated heterocycles. The van der Waals surface area contributed by atoms with Crippen molar-refractivity contribution in [3.05, 3.63) is 65.2 Å². The van der Waals surface area contributed by atoms with Crippen molar-refractivity contribution in [2.24, 2.45) is 0 Å². The summed E-state index contributed by atoms with van der Waals surface area (Å²) in [5, 5.41) is 0. The molecular formula is C27H34F3NO4S. The minimum Gasteiger partial charge on any atom is -0.491 e. The average Bonchev–Trinajstić information content (AvgIpc) is 2.79. The highest BCUT2D eigenvalue weighted by atomic mass is 32.2. The van der Waals surface area contributed by atoms with Crippen molar-refractivity contribution < 1.29 is 31.1 Å². The molecular weight excluding hydrogens is 491 g/mol. The Balaban J connectivity index is 1.93. The van der Waals surface area contributed by atoms with Crippen LogP contribution in [-0.4, -0.2) is 38.6 Å². The van der Waals surface area contributed by atoms with Crippen molar-refractivity contribution in [3.8, 4) is 5.75 Å². The molecule has 1 unspecified atom stereocenters. The van der Waals surface area contributed by atoms with E-state index in [0.717, 1.165) is 30.0 Å². The van der Waals surface area contributed by atoms with Crippen molar-refractivity contribution in [1.82, 2.24) is 4.31 Å². The van der Waals surface area contributed by atoms with Crippen molar-refractivity contribution >= 4 is 15.6 Å². The van der Waals surface area contributed by atoms with Crippen LogP contribution in [0.15, 0.2) is 47.9 Å². The normalized spacial score (nSPS) is 16.6. The first-order valence-electron chi connectivity index (χ1n) is 11.9. The van der Waals surface area contributed by atoms with E-state index in [-0.39, 0.29) is 11.2 Å². The number of halogens is 3. The quantitative estimate of drug-likeness (QED) is 0.363. The third-order valence-corrected chi connectivity index (χ3v) is 8.00. The van der Waals surface area contributed by atoms with Gasteiger partial charge in [0.15, 0.2) is 0 Å². The molecule has 3 rings (SSSR count). The molecule has 2 aromatic carbocycles. The van der Waals surface area contributed by atoms with E-state index in [1.54, 1.807) is 13.0 Å². The fourth-order valence-electron chi connectivity index (χ4n) is 4.29. The van der Waals surface area contributed by atoms with Gasteiger partial charge in [0.2, 0.25) is 10.0 Å². The minimum absolute atomic E-state index is 0.133. The number of benzene rings is 2. The molecule has 0 amide bonds. The van der Waals surface area contributed by atoms with Gasteiger partial charge < -0.3 is 9.47 Å². The first-order chi connectivity index (χ1) is 16.6. The number of fused-ring (bicyclic) bond motifs is 1. The topological polar surface area (TPSA) is 55.8 Å². The number of alkyl halides is 3. The van der Waals surface area contributed by atoms with Gasteiger partial charge in [0, 0.05) is 7.05 Å². The molecule has 2 aromatic rings. The summed E-state index contributed by atoms with van der Waals surface area (Å²) < 4.78 is 80.6. The molecule has 198 valence electrons. The first kappa shape index (κ1) is 28.2. The van der Waals surface area contributed by atoms with Crippen molar-refractivity contribution in [2.45, 2.75) is 69.7 Å². The molecule has 1 aliphatic carbocycles. The summed E-state index contributed by atoms with van der Waals surface area (Å²) in [5.41, 5.74) is 0.892. The molecule has 0 aromatic heterocycles. The van der Waals surface area contributed by atoms with Crippen molar-refractivity contribution in [1.29, 1.82) is 0 Å². The van der Waals surface area contributed by atoms with Crippen LogP contribution in [0.3, 0.4) is 0 Å². The van der Waals surface area contributed by atoms with Gasteiger partial charge in [0.25, 0.3) is 0 Å². The lowest BCUT2D eigenvalue weighted by atomic mass is 9.87. The van der Waals surface area contributed by atoms with E-state index in [1.165, 1.54) is 17.4 Å². The number of rotatable bonds is 8. The van der Waals surface area contributed by atoms with Gasteiger partial charge in [-0.05, 0) is 87.9 Å². The number of nitrogens with zero attached hydrogens (tertiary/aromatic N) is 1. The van der Waals surface area contributed by atoms with Gasteiger partial charge in [-0.15, -0.1) is 0 Å². The second-order valence-electron chi connectivity index (χ2n) is 10.1.